The molecule has 0 spiro atoms. The van der Waals surface area contributed by atoms with Crippen LogP contribution >= 0.6 is 0 Å². The fourth-order valence-electron chi connectivity index (χ4n) is 3.34. The smallest absolute Gasteiger partial charge is 0.227 e. The predicted octanol–water partition coefficient (Wildman–Crippen LogP) is 1.59. The Hall–Kier alpha value is -2.22. The van der Waals surface area contributed by atoms with Gasteiger partial charge in [0, 0.05) is 12.8 Å². The monoisotopic (exact) mass is 389 g/mol. The molecule has 0 aromatic heterocycles. The summed E-state index contributed by atoms with van der Waals surface area (Å²) in [6, 6.07) is 15.5. The molecule has 1 heterocycles. The van der Waals surface area contributed by atoms with E-state index < -0.39 is 15.9 Å². The quantitative estimate of drug-likeness (QED) is 0.840. The maximum Gasteiger partial charge on any atom is 0.227 e. The van der Waals surface area contributed by atoms with Gasteiger partial charge in [-0.05, 0) is 23.3 Å². The van der Waals surface area contributed by atoms with E-state index in [4.69, 9.17) is 4.74 Å². The number of nitrogens with zero attached hydrogens (tertiary/aromatic N) is 1. The van der Waals surface area contributed by atoms with Crippen LogP contribution in [0.15, 0.2) is 59.5 Å². The van der Waals surface area contributed by atoms with E-state index in [0.717, 1.165) is 17.4 Å². The van der Waals surface area contributed by atoms with Gasteiger partial charge >= 0.3 is 0 Å². The number of carbonyl (C=O) groups excluding carboxylic acids is 1. The minimum Gasteiger partial charge on any atom is -0.394 e. The van der Waals surface area contributed by atoms with Crippen LogP contribution in [0.4, 0.5) is 0 Å². The molecule has 1 amide bonds. The first kappa shape index (κ1) is 19.5. The molecule has 144 valence electrons. The van der Waals surface area contributed by atoms with Gasteiger partial charge in [-0.2, -0.15) is 0 Å². The average molecular weight is 389 g/mol. The SMILES string of the molecule is CS(=O)(=O)c1ccc(CC(=O)N2CCO[C@H](CO)[C@H]2c2ccccc2)cc1. The standard InChI is InChI=1S/C20H23NO5S/c1-27(24,25)17-9-7-15(8-10-17)13-19(23)21-11-12-26-18(14-22)20(21)16-5-3-2-4-6-16/h2-10,18,20,22H,11-14H2,1H3/t18-,20-/m1/s1. The van der Waals surface area contributed by atoms with Crippen molar-refractivity contribution in [1.29, 1.82) is 0 Å². The second-order valence-corrected chi connectivity index (χ2v) is 8.64. The number of hydrogen-bond donors (Lipinski definition) is 1. The Morgan fingerprint density at radius 2 is 1.81 bits per heavy atom. The van der Waals surface area contributed by atoms with E-state index >= 15 is 0 Å². The first-order valence-electron chi connectivity index (χ1n) is 8.76. The van der Waals surface area contributed by atoms with Crippen LogP contribution in [-0.2, 0) is 25.8 Å². The van der Waals surface area contributed by atoms with Gasteiger partial charge in [-0.1, -0.05) is 42.5 Å². The van der Waals surface area contributed by atoms with E-state index in [-0.39, 0.29) is 29.9 Å². The van der Waals surface area contributed by atoms with Crippen LogP contribution < -0.4 is 0 Å². The largest absolute Gasteiger partial charge is 0.394 e. The highest BCUT2D eigenvalue weighted by molar-refractivity contribution is 7.90. The summed E-state index contributed by atoms with van der Waals surface area (Å²) in [7, 11) is -3.26. The molecule has 27 heavy (non-hydrogen) atoms. The summed E-state index contributed by atoms with van der Waals surface area (Å²) in [6.07, 6.45) is 0.837. The normalized spacial score (nSPS) is 20.4. The minimum absolute atomic E-state index is 0.0855. The van der Waals surface area contributed by atoms with Crippen LogP contribution in [0.5, 0.6) is 0 Å². The molecule has 0 saturated carbocycles. The number of aliphatic hydroxyl groups is 1. The van der Waals surface area contributed by atoms with Gasteiger partial charge < -0.3 is 14.7 Å². The van der Waals surface area contributed by atoms with Gasteiger partial charge in [-0.25, -0.2) is 8.42 Å². The lowest BCUT2D eigenvalue weighted by atomic mass is 9.97. The Balaban J connectivity index is 1.81. The van der Waals surface area contributed by atoms with Crippen molar-refractivity contribution in [2.24, 2.45) is 0 Å². The second-order valence-electron chi connectivity index (χ2n) is 6.63. The summed E-state index contributed by atoms with van der Waals surface area (Å²) < 4.78 is 28.8. The number of hydrogen-bond acceptors (Lipinski definition) is 5. The summed E-state index contributed by atoms with van der Waals surface area (Å²) in [5.41, 5.74) is 1.66. The van der Waals surface area contributed by atoms with Crippen LogP contribution in [-0.4, -0.2) is 56.4 Å². The molecule has 7 heteroatoms. The number of sulfone groups is 1. The molecular weight excluding hydrogens is 366 g/mol. The topological polar surface area (TPSA) is 83.9 Å². The number of aliphatic hydroxyl groups excluding tert-OH is 1. The molecule has 0 aliphatic carbocycles. The Bertz CT molecular complexity index is 880. The Kier molecular flexibility index (Phi) is 5.94. The van der Waals surface area contributed by atoms with Gasteiger partial charge in [0.05, 0.1) is 30.6 Å². The van der Waals surface area contributed by atoms with Gasteiger partial charge in [0.1, 0.15) is 6.10 Å². The van der Waals surface area contributed by atoms with Gasteiger partial charge in [-0.15, -0.1) is 0 Å². The first-order chi connectivity index (χ1) is 12.9. The number of morpholine rings is 1. The molecule has 1 saturated heterocycles. The number of benzene rings is 2. The highest BCUT2D eigenvalue weighted by Crippen LogP contribution is 2.30. The van der Waals surface area contributed by atoms with E-state index in [1.165, 1.54) is 12.1 Å². The molecule has 3 rings (SSSR count). The van der Waals surface area contributed by atoms with E-state index in [0.29, 0.717) is 13.2 Å². The van der Waals surface area contributed by atoms with Crippen molar-refractivity contribution >= 4 is 15.7 Å². The Labute approximate surface area is 159 Å². The molecule has 0 unspecified atom stereocenters. The third-order valence-electron chi connectivity index (χ3n) is 4.70. The molecule has 1 aliphatic heterocycles. The van der Waals surface area contributed by atoms with Crippen LogP contribution in [0.3, 0.4) is 0 Å². The van der Waals surface area contributed by atoms with Crippen molar-refractivity contribution in [2.75, 3.05) is 26.0 Å². The summed E-state index contributed by atoms with van der Waals surface area (Å²) in [4.78, 5) is 14.9. The molecule has 0 radical (unpaired) electrons. The molecule has 2 atom stereocenters. The third-order valence-corrected chi connectivity index (χ3v) is 5.83. The van der Waals surface area contributed by atoms with E-state index in [2.05, 4.69) is 0 Å². The first-order valence-corrected chi connectivity index (χ1v) is 10.6. The van der Waals surface area contributed by atoms with Crippen molar-refractivity contribution in [3.63, 3.8) is 0 Å². The number of amides is 1. The van der Waals surface area contributed by atoms with Crippen molar-refractivity contribution < 1.29 is 23.1 Å². The van der Waals surface area contributed by atoms with Crippen molar-refractivity contribution in [2.45, 2.75) is 23.5 Å². The molecule has 6 nitrogen and oxygen atoms in total. The molecule has 1 aliphatic rings. The molecule has 2 aromatic carbocycles. The summed E-state index contributed by atoms with van der Waals surface area (Å²) >= 11 is 0. The lowest BCUT2D eigenvalue weighted by Gasteiger charge is -2.41. The summed E-state index contributed by atoms with van der Waals surface area (Å²) in [5, 5.41) is 9.70. The van der Waals surface area contributed by atoms with Crippen LogP contribution in [0.1, 0.15) is 17.2 Å². The van der Waals surface area contributed by atoms with Crippen LogP contribution in [0, 0.1) is 0 Å². The van der Waals surface area contributed by atoms with Crippen molar-refractivity contribution in [1.82, 2.24) is 4.90 Å². The molecule has 1 fully saturated rings. The fraction of sp³-hybridized carbons (Fsp3) is 0.350. The highest BCUT2D eigenvalue weighted by atomic mass is 32.2. The van der Waals surface area contributed by atoms with Gasteiger partial charge in [0.25, 0.3) is 0 Å². The molecule has 1 N–H and O–H groups in total. The van der Waals surface area contributed by atoms with Gasteiger partial charge in [-0.3, -0.25) is 4.79 Å². The van der Waals surface area contributed by atoms with Gasteiger partial charge in [0.15, 0.2) is 9.84 Å². The molecular formula is C20H23NO5S. The average Bonchev–Trinajstić information content (AvgIpc) is 2.67. The Morgan fingerprint density at radius 3 is 2.41 bits per heavy atom. The second kappa shape index (κ2) is 8.21. The molecule has 2 aromatic rings. The third kappa shape index (κ3) is 4.55. The van der Waals surface area contributed by atoms with E-state index in [1.807, 2.05) is 30.3 Å². The zero-order chi connectivity index (χ0) is 19.4. The fourth-order valence-corrected chi connectivity index (χ4v) is 3.97. The van der Waals surface area contributed by atoms with Crippen molar-refractivity contribution in [3.8, 4) is 0 Å². The minimum atomic E-state index is -3.26. The van der Waals surface area contributed by atoms with Crippen molar-refractivity contribution in [3.05, 3.63) is 65.7 Å². The summed E-state index contributed by atoms with van der Waals surface area (Å²) in [6.45, 7) is 0.635. The zero-order valence-corrected chi connectivity index (χ0v) is 15.9. The summed E-state index contributed by atoms with van der Waals surface area (Å²) in [5.74, 6) is -0.0855. The van der Waals surface area contributed by atoms with Crippen LogP contribution in [0.2, 0.25) is 0 Å². The predicted molar refractivity (Wildman–Crippen MR) is 101 cm³/mol. The van der Waals surface area contributed by atoms with Gasteiger partial charge in [0.2, 0.25) is 5.91 Å². The Morgan fingerprint density at radius 1 is 1.15 bits per heavy atom. The highest BCUT2D eigenvalue weighted by Gasteiger charge is 2.35. The van der Waals surface area contributed by atoms with E-state index in [9.17, 15) is 18.3 Å². The lowest BCUT2D eigenvalue weighted by molar-refractivity contribution is -0.149. The van der Waals surface area contributed by atoms with E-state index in [1.54, 1.807) is 17.0 Å². The number of carbonyl (C=O) groups is 1. The maximum atomic E-state index is 13.0. The lowest BCUT2D eigenvalue weighted by Crippen LogP contribution is -2.49. The maximum absolute atomic E-state index is 13.0. The molecule has 0 bridgehead atoms. The zero-order valence-electron chi connectivity index (χ0n) is 15.1. The number of rotatable bonds is 5. The number of ether oxygens (including phenoxy) is 1. The van der Waals surface area contributed by atoms with Crippen LogP contribution in [0.25, 0.3) is 0 Å².